The average molecular weight is 233 g/mol. The van der Waals surface area contributed by atoms with Gasteiger partial charge in [-0.15, -0.1) is 0 Å². The van der Waals surface area contributed by atoms with E-state index < -0.39 is 11.7 Å². The zero-order valence-corrected chi connectivity index (χ0v) is 10.6. The number of rotatable bonds is 5. The first-order valence-corrected chi connectivity index (χ1v) is 5.49. The van der Waals surface area contributed by atoms with Crippen molar-refractivity contribution >= 4 is 6.09 Å². The van der Waals surface area contributed by atoms with E-state index in [0.29, 0.717) is 19.4 Å². The van der Waals surface area contributed by atoms with E-state index in [2.05, 4.69) is 0 Å². The number of nitrogens with zero attached hydrogens (tertiary/aromatic N) is 1. The summed E-state index contributed by atoms with van der Waals surface area (Å²) in [5, 5.41) is 17.7. The third kappa shape index (κ3) is 7.48. The van der Waals surface area contributed by atoms with Crippen LogP contribution in [0.25, 0.3) is 0 Å². The molecule has 2 N–H and O–H groups in total. The van der Waals surface area contributed by atoms with Gasteiger partial charge in [-0.3, -0.25) is 0 Å². The molecule has 0 rings (SSSR count). The predicted octanol–water partition coefficient (Wildman–Crippen LogP) is 0.987. The van der Waals surface area contributed by atoms with E-state index >= 15 is 0 Å². The quantitative estimate of drug-likeness (QED) is 0.743. The van der Waals surface area contributed by atoms with Crippen LogP contribution in [0.3, 0.4) is 0 Å². The van der Waals surface area contributed by atoms with Crippen LogP contribution in [0.2, 0.25) is 0 Å². The van der Waals surface area contributed by atoms with Crippen LogP contribution in [-0.2, 0) is 4.74 Å². The molecule has 0 aromatic heterocycles. The molecular formula is C11H23NO4. The highest BCUT2D eigenvalue weighted by atomic mass is 16.6. The summed E-state index contributed by atoms with van der Waals surface area (Å²) in [4.78, 5) is 13.0. The number of ether oxygens (including phenoxy) is 1. The number of carbonyl (C=O) groups is 1. The predicted molar refractivity (Wildman–Crippen MR) is 61.2 cm³/mol. The lowest BCUT2D eigenvalue weighted by atomic mass is 10.2. The van der Waals surface area contributed by atoms with E-state index in [1.54, 1.807) is 7.05 Å². The summed E-state index contributed by atoms with van der Waals surface area (Å²) >= 11 is 0. The molecule has 0 aliphatic carbocycles. The minimum absolute atomic E-state index is 0.240. The zero-order chi connectivity index (χ0) is 12.8. The van der Waals surface area contributed by atoms with Crippen molar-refractivity contribution < 1.29 is 19.7 Å². The minimum atomic E-state index is -0.702. The first-order chi connectivity index (χ1) is 7.26. The highest BCUT2D eigenvalue weighted by Gasteiger charge is 2.19. The van der Waals surface area contributed by atoms with Gasteiger partial charge >= 0.3 is 6.09 Å². The number of aliphatic hydroxyl groups excluding tert-OH is 2. The third-order valence-electron chi connectivity index (χ3n) is 1.95. The number of amides is 1. The van der Waals surface area contributed by atoms with Crippen LogP contribution in [-0.4, -0.2) is 53.1 Å². The fourth-order valence-electron chi connectivity index (χ4n) is 1.09. The Morgan fingerprint density at radius 2 is 2.00 bits per heavy atom. The van der Waals surface area contributed by atoms with Crippen LogP contribution in [0.15, 0.2) is 0 Å². The van der Waals surface area contributed by atoms with Crippen LogP contribution in [0.5, 0.6) is 0 Å². The summed E-state index contributed by atoms with van der Waals surface area (Å²) in [6.45, 7) is 5.71. The van der Waals surface area contributed by atoms with E-state index in [-0.39, 0.29) is 12.7 Å². The Bertz CT molecular complexity index is 213. The van der Waals surface area contributed by atoms with Gasteiger partial charge < -0.3 is 19.8 Å². The zero-order valence-electron chi connectivity index (χ0n) is 10.6. The second-order valence-corrected chi connectivity index (χ2v) is 4.88. The van der Waals surface area contributed by atoms with Crippen LogP contribution in [0, 0.1) is 0 Å². The van der Waals surface area contributed by atoms with Crippen molar-refractivity contribution in [2.45, 2.75) is 45.3 Å². The van der Waals surface area contributed by atoms with Gasteiger partial charge in [0.1, 0.15) is 5.60 Å². The van der Waals surface area contributed by atoms with Crippen LogP contribution in [0.4, 0.5) is 4.79 Å². The number of hydrogen-bond donors (Lipinski definition) is 2. The molecule has 5 nitrogen and oxygen atoms in total. The summed E-state index contributed by atoms with van der Waals surface area (Å²) in [5.74, 6) is 0. The summed E-state index contributed by atoms with van der Waals surface area (Å²) in [6, 6.07) is 0. The lowest BCUT2D eigenvalue weighted by Crippen LogP contribution is -2.35. The van der Waals surface area contributed by atoms with E-state index in [9.17, 15) is 4.79 Å². The van der Waals surface area contributed by atoms with Gasteiger partial charge in [0.25, 0.3) is 0 Å². The molecule has 0 saturated heterocycles. The van der Waals surface area contributed by atoms with Gasteiger partial charge in [0.05, 0.1) is 12.7 Å². The second-order valence-electron chi connectivity index (χ2n) is 4.88. The number of carbonyl (C=O) groups excluding carboxylic acids is 1. The van der Waals surface area contributed by atoms with Crippen molar-refractivity contribution in [2.24, 2.45) is 0 Å². The summed E-state index contributed by atoms with van der Waals surface area (Å²) in [6.07, 6.45) is 0.0409. The molecule has 0 saturated carbocycles. The molecule has 0 spiro atoms. The molecule has 0 aromatic rings. The van der Waals surface area contributed by atoms with E-state index in [1.807, 2.05) is 20.8 Å². The Kier molecular flexibility index (Phi) is 6.36. The molecule has 0 heterocycles. The molecule has 0 aliphatic heterocycles. The molecule has 1 amide bonds. The molecule has 0 unspecified atom stereocenters. The van der Waals surface area contributed by atoms with Crippen molar-refractivity contribution in [1.82, 2.24) is 4.90 Å². The lowest BCUT2D eigenvalue weighted by Gasteiger charge is -2.24. The van der Waals surface area contributed by atoms with Crippen molar-refractivity contribution in [3.05, 3.63) is 0 Å². The highest BCUT2D eigenvalue weighted by Crippen LogP contribution is 2.09. The SMILES string of the molecule is CN(CCC[C@H](O)CO)C(=O)OC(C)(C)C. The molecule has 0 bridgehead atoms. The molecule has 5 heteroatoms. The number of aliphatic hydroxyl groups is 2. The van der Waals surface area contributed by atoms with Crippen LogP contribution < -0.4 is 0 Å². The molecule has 0 fully saturated rings. The highest BCUT2D eigenvalue weighted by molar-refractivity contribution is 5.67. The normalized spacial score (nSPS) is 13.4. The Morgan fingerprint density at radius 1 is 1.44 bits per heavy atom. The van der Waals surface area contributed by atoms with Gasteiger partial charge in [0.15, 0.2) is 0 Å². The second kappa shape index (κ2) is 6.70. The van der Waals surface area contributed by atoms with Gasteiger partial charge in [-0.2, -0.15) is 0 Å². The smallest absolute Gasteiger partial charge is 0.410 e. The third-order valence-corrected chi connectivity index (χ3v) is 1.95. The Labute approximate surface area is 97.0 Å². The van der Waals surface area contributed by atoms with Gasteiger partial charge in [0.2, 0.25) is 0 Å². The fraction of sp³-hybridized carbons (Fsp3) is 0.909. The summed E-state index contributed by atoms with van der Waals surface area (Å²) < 4.78 is 5.16. The molecule has 96 valence electrons. The molecule has 16 heavy (non-hydrogen) atoms. The van der Waals surface area contributed by atoms with Crippen molar-refractivity contribution in [3.8, 4) is 0 Å². The lowest BCUT2D eigenvalue weighted by molar-refractivity contribution is 0.0281. The van der Waals surface area contributed by atoms with Crippen molar-refractivity contribution in [3.63, 3.8) is 0 Å². The Hall–Kier alpha value is -0.810. The molecular weight excluding hydrogens is 210 g/mol. The van der Waals surface area contributed by atoms with E-state index in [0.717, 1.165) is 0 Å². The van der Waals surface area contributed by atoms with E-state index in [1.165, 1.54) is 4.90 Å². The van der Waals surface area contributed by atoms with Gasteiger partial charge in [-0.1, -0.05) is 0 Å². The van der Waals surface area contributed by atoms with Crippen LogP contribution >= 0.6 is 0 Å². The maximum Gasteiger partial charge on any atom is 0.410 e. The van der Waals surface area contributed by atoms with Gasteiger partial charge in [-0.25, -0.2) is 4.79 Å². The molecule has 0 radical (unpaired) electrons. The van der Waals surface area contributed by atoms with Crippen LogP contribution in [0.1, 0.15) is 33.6 Å². The largest absolute Gasteiger partial charge is 0.444 e. The first-order valence-electron chi connectivity index (χ1n) is 5.49. The standard InChI is InChI=1S/C11H23NO4/c1-11(2,3)16-10(15)12(4)7-5-6-9(14)8-13/h9,13-14H,5-8H2,1-4H3/t9-/m0/s1. The number of hydrogen-bond acceptors (Lipinski definition) is 4. The Balaban J connectivity index is 3.80. The molecule has 1 atom stereocenters. The topological polar surface area (TPSA) is 70.0 Å². The van der Waals surface area contributed by atoms with Crippen molar-refractivity contribution in [2.75, 3.05) is 20.2 Å². The summed E-state index contributed by atoms with van der Waals surface area (Å²) in [5.41, 5.74) is -0.490. The molecule has 0 aromatic carbocycles. The Morgan fingerprint density at radius 3 is 2.44 bits per heavy atom. The van der Waals surface area contributed by atoms with E-state index in [4.69, 9.17) is 14.9 Å². The maximum absolute atomic E-state index is 11.5. The maximum atomic E-state index is 11.5. The first kappa shape index (κ1) is 15.2. The monoisotopic (exact) mass is 233 g/mol. The average Bonchev–Trinajstić information content (AvgIpc) is 2.14. The van der Waals surface area contributed by atoms with Gasteiger partial charge in [0, 0.05) is 13.6 Å². The minimum Gasteiger partial charge on any atom is -0.444 e. The van der Waals surface area contributed by atoms with Gasteiger partial charge in [-0.05, 0) is 33.6 Å². The van der Waals surface area contributed by atoms with Crippen molar-refractivity contribution in [1.29, 1.82) is 0 Å². The fourth-order valence-corrected chi connectivity index (χ4v) is 1.09. The summed E-state index contributed by atoms with van der Waals surface area (Å²) in [7, 11) is 1.65. The molecule has 0 aliphatic rings.